The van der Waals surface area contributed by atoms with E-state index in [1.54, 1.807) is 0 Å². The summed E-state index contributed by atoms with van der Waals surface area (Å²) in [6.45, 7) is 8.55. The van der Waals surface area contributed by atoms with Gasteiger partial charge in [0.15, 0.2) is 0 Å². The van der Waals surface area contributed by atoms with Crippen LogP contribution in [-0.4, -0.2) is 41.8 Å². The van der Waals surface area contributed by atoms with Crippen molar-refractivity contribution in [3.05, 3.63) is 0 Å². The Morgan fingerprint density at radius 1 is 1.29 bits per heavy atom. The number of piperidine rings is 1. The van der Waals surface area contributed by atoms with Crippen LogP contribution in [0.25, 0.3) is 0 Å². The highest BCUT2D eigenvalue weighted by Gasteiger charge is 2.44. The standard InChI is InChI=1S/C13H24N2O2/c1-12(2,3)17-11(16)15-9-5-4-6-13(15)7-8-14-10-13/h14H,4-10H2,1-3H3. The van der Waals surface area contributed by atoms with Crippen molar-refractivity contribution in [3.63, 3.8) is 0 Å². The molecule has 4 nitrogen and oxygen atoms in total. The third-order valence-electron chi connectivity index (χ3n) is 3.68. The van der Waals surface area contributed by atoms with Crippen LogP contribution in [0.2, 0.25) is 0 Å². The molecule has 0 aromatic carbocycles. The molecule has 1 N–H and O–H groups in total. The normalized spacial score (nSPS) is 29.7. The Morgan fingerprint density at radius 3 is 2.65 bits per heavy atom. The molecule has 2 aliphatic heterocycles. The topological polar surface area (TPSA) is 41.6 Å². The number of hydrogen-bond acceptors (Lipinski definition) is 3. The second-order valence-electron chi connectivity index (χ2n) is 6.24. The van der Waals surface area contributed by atoms with Gasteiger partial charge in [0.2, 0.25) is 0 Å². The summed E-state index contributed by atoms with van der Waals surface area (Å²) >= 11 is 0. The van der Waals surface area contributed by atoms with Crippen molar-refractivity contribution in [2.45, 2.75) is 57.6 Å². The lowest BCUT2D eigenvalue weighted by atomic mass is 9.86. The van der Waals surface area contributed by atoms with Gasteiger partial charge in [0.1, 0.15) is 5.60 Å². The molecule has 2 fully saturated rings. The molecule has 1 unspecified atom stereocenters. The number of nitrogens with zero attached hydrogens (tertiary/aromatic N) is 1. The number of likely N-dealkylation sites (tertiary alicyclic amines) is 1. The fourth-order valence-corrected chi connectivity index (χ4v) is 2.87. The van der Waals surface area contributed by atoms with Crippen LogP contribution in [0.15, 0.2) is 0 Å². The minimum atomic E-state index is -0.401. The predicted molar refractivity (Wildman–Crippen MR) is 67.0 cm³/mol. The van der Waals surface area contributed by atoms with Gasteiger partial charge in [-0.15, -0.1) is 0 Å². The van der Waals surface area contributed by atoms with Crippen LogP contribution in [0.5, 0.6) is 0 Å². The molecule has 0 aliphatic carbocycles. The Labute approximate surface area is 104 Å². The van der Waals surface area contributed by atoms with Gasteiger partial charge < -0.3 is 15.0 Å². The van der Waals surface area contributed by atoms with Crippen molar-refractivity contribution in [2.24, 2.45) is 0 Å². The predicted octanol–water partition coefficient (Wildman–Crippen LogP) is 2.14. The fraction of sp³-hybridized carbons (Fsp3) is 0.923. The van der Waals surface area contributed by atoms with Gasteiger partial charge in [-0.25, -0.2) is 4.79 Å². The molecule has 2 heterocycles. The van der Waals surface area contributed by atoms with Gasteiger partial charge in [0.05, 0.1) is 5.54 Å². The summed E-state index contributed by atoms with van der Waals surface area (Å²) < 4.78 is 5.52. The Hall–Kier alpha value is -0.770. The van der Waals surface area contributed by atoms with Crippen LogP contribution in [0.1, 0.15) is 46.5 Å². The van der Waals surface area contributed by atoms with E-state index < -0.39 is 5.60 Å². The van der Waals surface area contributed by atoms with E-state index in [0.717, 1.165) is 38.9 Å². The van der Waals surface area contributed by atoms with Gasteiger partial charge in [0, 0.05) is 13.1 Å². The number of carbonyl (C=O) groups is 1. The minimum Gasteiger partial charge on any atom is -0.444 e. The summed E-state index contributed by atoms with van der Waals surface area (Å²) in [7, 11) is 0. The maximum atomic E-state index is 12.3. The van der Waals surface area contributed by atoms with E-state index in [0.29, 0.717) is 0 Å². The third-order valence-corrected chi connectivity index (χ3v) is 3.68. The van der Waals surface area contributed by atoms with Crippen molar-refractivity contribution in [1.82, 2.24) is 10.2 Å². The zero-order valence-electron chi connectivity index (χ0n) is 11.2. The maximum absolute atomic E-state index is 12.3. The van der Waals surface area contributed by atoms with Crippen molar-refractivity contribution in [2.75, 3.05) is 19.6 Å². The summed E-state index contributed by atoms with van der Waals surface area (Å²) in [4.78, 5) is 14.2. The van der Waals surface area contributed by atoms with Gasteiger partial charge in [-0.3, -0.25) is 0 Å². The summed E-state index contributed by atoms with van der Waals surface area (Å²) in [6, 6.07) is 0. The van der Waals surface area contributed by atoms with Crippen LogP contribution >= 0.6 is 0 Å². The van der Waals surface area contributed by atoms with Gasteiger partial charge in [-0.05, 0) is 53.0 Å². The third kappa shape index (κ3) is 2.73. The molecular formula is C13H24N2O2. The van der Waals surface area contributed by atoms with Gasteiger partial charge in [0.25, 0.3) is 0 Å². The summed E-state index contributed by atoms with van der Waals surface area (Å²) in [5.74, 6) is 0. The van der Waals surface area contributed by atoms with Crippen LogP contribution < -0.4 is 5.32 Å². The second-order valence-corrected chi connectivity index (χ2v) is 6.24. The van der Waals surface area contributed by atoms with Gasteiger partial charge in [-0.1, -0.05) is 0 Å². The lowest BCUT2D eigenvalue weighted by molar-refractivity contribution is -0.0107. The smallest absolute Gasteiger partial charge is 0.410 e. The van der Waals surface area contributed by atoms with E-state index in [9.17, 15) is 4.79 Å². The number of carbonyl (C=O) groups excluding carboxylic acids is 1. The van der Waals surface area contributed by atoms with E-state index in [2.05, 4.69) is 5.32 Å². The van der Waals surface area contributed by atoms with Crippen molar-refractivity contribution in [3.8, 4) is 0 Å². The zero-order chi connectivity index (χ0) is 12.5. The first kappa shape index (κ1) is 12.7. The molecule has 1 atom stereocenters. The molecular weight excluding hydrogens is 216 g/mol. The molecule has 98 valence electrons. The highest BCUT2D eigenvalue weighted by atomic mass is 16.6. The van der Waals surface area contributed by atoms with E-state index in [1.807, 2.05) is 25.7 Å². The molecule has 17 heavy (non-hydrogen) atoms. The molecule has 0 radical (unpaired) electrons. The lowest BCUT2D eigenvalue weighted by Crippen LogP contribution is -2.56. The van der Waals surface area contributed by atoms with E-state index in [1.165, 1.54) is 6.42 Å². The monoisotopic (exact) mass is 240 g/mol. The van der Waals surface area contributed by atoms with Crippen LogP contribution in [0.4, 0.5) is 4.79 Å². The van der Waals surface area contributed by atoms with Crippen LogP contribution in [0, 0.1) is 0 Å². The number of amides is 1. The van der Waals surface area contributed by atoms with Gasteiger partial charge in [-0.2, -0.15) is 0 Å². The molecule has 0 aromatic heterocycles. The molecule has 0 saturated carbocycles. The molecule has 2 aliphatic rings. The van der Waals surface area contributed by atoms with Crippen LogP contribution in [0.3, 0.4) is 0 Å². The Morgan fingerprint density at radius 2 is 2.06 bits per heavy atom. The highest BCUT2D eigenvalue weighted by molar-refractivity contribution is 5.69. The maximum Gasteiger partial charge on any atom is 0.410 e. The molecule has 2 saturated heterocycles. The molecule has 0 bridgehead atoms. The molecule has 0 aromatic rings. The average molecular weight is 240 g/mol. The number of rotatable bonds is 0. The minimum absolute atomic E-state index is 0.0284. The second kappa shape index (κ2) is 4.48. The zero-order valence-corrected chi connectivity index (χ0v) is 11.2. The van der Waals surface area contributed by atoms with Crippen LogP contribution in [-0.2, 0) is 4.74 Å². The summed E-state index contributed by atoms with van der Waals surface area (Å²) in [5, 5.41) is 3.38. The Kier molecular flexibility index (Phi) is 3.34. The summed E-state index contributed by atoms with van der Waals surface area (Å²) in [5.41, 5.74) is -0.373. The lowest BCUT2D eigenvalue weighted by Gasteiger charge is -2.44. The Bertz CT molecular complexity index is 290. The SMILES string of the molecule is CC(C)(C)OC(=O)N1CCCCC12CCNC2. The first-order chi connectivity index (χ1) is 7.93. The first-order valence-corrected chi connectivity index (χ1v) is 6.64. The van der Waals surface area contributed by atoms with Crippen molar-refractivity contribution < 1.29 is 9.53 Å². The molecule has 1 spiro atoms. The largest absolute Gasteiger partial charge is 0.444 e. The molecule has 1 amide bonds. The number of nitrogens with one attached hydrogen (secondary N) is 1. The van der Waals surface area contributed by atoms with E-state index in [-0.39, 0.29) is 11.6 Å². The number of hydrogen-bond donors (Lipinski definition) is 1. The van der Waals surface area contributed by atoms with Crippen molar-refractivity contribution in [1.29, 1.82) is 0 Å². The first-order valence-electron chi connectivity index (χ1n) is 6.64. The highest BCUT2D eigenvalue weighted by Crippen LogP contribution is 2.34. The number of ether oxygens (including phenoxy) is 1. The molecule has 2 rings (SSSR count). The molecule has 4 heteroatoms. The fourth-order valence-electron chi connectivity index (χ4n) is 2.87. The average Bonchev–Trinajstić information content (AvgIpc) is 2.65. The Balaban J connectivity index is 2.08. The van der Waals surface area contributed by atoms with E-state index in [4.69, 9.17) is 4.74 Å². The van der Waals surface area contributed by atoms with E-state index >= 15 is 0 Å². The van der Waals surface area contributed by atoms with Crippen molar-refractivity contribution >= 4 is 6.09 Å². The van der Waals surface area contributed by atoms with Gasteiger partial charge >= 0.3 is 6.09 Å². The summed E-state index contributed by atoms with van der Waals surface area (Å²) in [6.07, 6.45) is 4.36. The quantitative estimate of drug-likeness (QED) is 0.705.